The number of hydrogen-bond donors (Lipinski definition) is 2. The van der Waals surface area contributed by atoms with Gasteiger partial charge in [0.15, 0.2) is 3.95 Å². The van der Waals surface area contributed by atoms with E-state index >= 15 is 0 Å². The molecule has 1 aromatic rings. The molecule has 0 bridgehead atoms. The molecule has 1 aromatic heterocycles. The van der Waals surface area contributed by atoms with Crippen LogP contribution in [-0.2, 0) is 0 Å². The summed E-state index contributed by atoms with van der Waals surface area (Å²) in [6, 6.07) is 0. The van der Waals surface area contributed by atoms with Gasteiger partial charge in [0.1, 0.15) is 0 Å². The molecule has 0 aliphatic heterocycles. The van der Waals surface area contributed by atoms with Gasteiger partial charge in [0.05, 0.1) is 0 Å². The number of carbonyl (C=O) groups excluding carboxylic acids is 1. The van der Waals surface area contributed by atoms with Crippen LogP contribution in [0.5, 0.6) is 0 Å². The van der Waals surface area contributed by atoms with Gasteiger partial charge in [-0.3, -0.25) is 9.89 Å². The van der Waals surface area contributed by atoms with E-state index in [0.29, 0.717) is 3.95 Å². The number of H-pyrrole nitrogens is 1. The number of aromatic nitrogens is 2. The predicted octanol–water partition coefficient (Wildman–Crippen LogP) is -5.56. The van der Waals surface area contributed by atoms with Crippen molar-refractivity contribution in [1.82, 2.24) is 15.7 Å². The van der Waals surface area contributed by atoms with Crippen molar-refractivity contribution in [1.29, 1.82) is 0 Å². The maximum absolute atomic E-state index is 10.5. The molecule has 0 radical (unpaired) electrons. The van der Waals surface area contributed by atoms with Gasteiger partial charge < -0.3 is 10.7 Å². The number of amides is 1. The molecule has 1 amide bonds. The van der Waals surface area contributed by atoms with Crippen LogP contribution >= 0.6 is 23.6 Å². The van der Waals surface area contributed by atoms with E-state index in [1.165, 1.54) is 5.48 Å². The van der Waals surface area contributed by atoms with Crippen LogP contribution in [-0.4, -0.2) is 16.1 Å². The molecule has 0 saturated carbocycles. The number of hydrogen-bond acceptors (Lipinski definition) is 5. The summed E-state index contributed by atoms with van der Waals surface area (Å²) in [5.41, 5.74) is 1.19. The number of hydroxylamine groups is 1. The van der Waals surface area contributed by atoms with Gasteiger partial charge in [-0.15, -0.1) is 0 Å². The third-order valence-electron chi connectivity index (χ3n) is 0.725. The Hall–Kier alpha value is 2.48. The molecular weight excluding hydrogens is 252 g/mol. The summed E-state index contributed by atoms with van der Waals surface area (Å²) in [4.78, 5) is 10.5. The molecular formula is C3H2K2N3O2S2+. The standard InChI is InChI=1S/C3H2N3O2S2.2K/c7-1(6-8)2-4-5-3(9)10-2;;/h(H2-,4,5,6,7,8,9);;/q-1;2*+1. The summed E-state index contributed by atoms with van der Waals surface area (Å²) in [5, 5.41) is 15.6. The molecule has 5 nitrogen and oxygen atoms in total. The van der Waals surface area contributed by atoms with Gasteiger partial charge >= 0.3 is 103 Å². The smallest absolute Gasteiger partial charge is 0.759 e. The van der Waals surface area contributed by atoms with Crippen molar-refractivity contribution in [2.24, 2.45) is 0 Å². The van der Waals surface area contributed by atoms with Gasteiger partial charge in [0.25, 0.3) is 5.91 Å². The first-order chi connectivity index (χ1) is 4.74. The Morgan fingerprint density at radius 3 is 2.58 bits per heavy atom. The summed E-state index contributed by atoms with van der Waals surface area (Å²) in [6.45, 7) is 0. The summed E-state index contributed by atoms with van der Waals surface area (Å²) >= 11 is 5.57. The molecule has 1 heterocycles. The fourth-order valence-corrected chi connectivity index (χ4v) is 1.15. The minimum atomic E-state index is -0.766. The van der Waals surface area contributed by atoms with Crippen molar-refractivity contribution in [3.05, 3.63) is 14.2 Å². The number of aromatic amines is 1. The fraction of sp³-hybridized carbons (Fsp3) is 0. The molecule has 9 heteroatoms. The molecule has 54 valence electrons. The molecule has 2 N–H and O–H groups in total. The van der Waals surface area contributed by atoms with E-state index in [1.807, 2.05) is 0 Å². The summed E-state index contributed by atoms with van der Waals surface area (Å²) < 4.78 is 0.374. The Morgan fingerprint density at radius 2 is 2.25 bits per heavy atom. The Balaban J connectivity index is 0. The Kier molecular flexibility index (Phi) is 12.3. The third kappa shape index (κ3) is 5.38. The van der Waals surface area contributed by atoms with E-state index in [2.05, 4.69) is 22.4 Å². The van der Waals surface area contributed by atoms with Crippen LogP contribution in [0, 0.1) is 9.16 Å². The minimum absolute atomic E-state index is 0. The van der Waals surface area contributed by atoms with Crippen LogP contribution in [0.3, 0.4) is 0 Å². The first kappa shape index (κ1) is 16.9. The molecule has 12 heavy (non-hydrogen) atoms. The second-order valence-corrected chi connectivity index (χ2v) is 3.02. The monoisotopic (exact) mass is 254 g/mol. The molecule has 0 aromatic carbocycles. The van der Waals surface area contributed by atoms with Crippen LogP contribution in [0.1, 0.15) is 9.80 Å². The quantitative estimate of drug-likeness (QED) is 0.298. The van der Waals surface area contributed by atoms with Crippen molar-refractivity contribution in [3.63, 3.8) is 0 Å². The van der Waals surface area contributed by atoms with Gasteiger partial charge in [-0.25, -0.2) is 0 Å². The first-order valence-corrected chi connectivity index (χ1v) is 3.44. The van der Waals surface area contributed by atoms with E-state index in [9.17, 15) is 10.0 Å². The van der Waals surface area contributed by atoms with Gasteiger partial charge in [-0.1, -0.05) is 11.3 Å². The molecule has 0 atom stereocenters. The number of nitrogens with zero attached hydrogens (tertiary/aromatic N) is 1. The van der Waals surface area contributed by atoms with Gasteiger partial charge in [-0.2, -0.15) is 5.10 Å². The van der Waals surface area contributed by atoms with Crippen LogP contribution in [0.4, 0.5) is 0 Å². The van der Waals surface area contributed by atoms with Crippen LogP contribution in [0.2, 0.25) is 0 Å². The average molecular weight is 254 g/mol. The summed E-state index contributed by atoms with van der Waals surface area (Å²) in [5.74, 6) is -0.766. The minimum Gasteiger partial charge on any atom is -0.759 e. The van der Waals surface area contributed by atoms with Crippen molar-refractivity contribution >= 4 is 29.5 Å². The number of rotatable bonds is 1. The van der Waals surface area contributed by atoms with Crippen molar-refractivity contribution in [3.8, 4) is 0 Å². The van der Waals surface area contributed by atoms with Crippen LogP contribution in [0.25, 0.3) is 0 Å². The molecule has 0 unspecified atom stereocenters. The SMILES string of the molecule is O=C(N[O-])c1n[nH]c(=S)s1.[K+].[K+]. The normalized spacial score (nSPS) is 7.75. The van der Waals surface area contributed by atoms with E-state index in [4.69, 9.17) is 0 Å². The molecule has 0 saturated heterocycles. The molecule has 0 spiro atoms. The number of carbonyl (C=O) groups is 1. The zero-order chi connectivity index (χ0) is 7.56. The maximum atomic E-state index is 10.5. The average Bonchev–Trinajstić information content (AvgIpc) is 2.34. The molecule has 1 rings (SSSR count). The van der Waals surface area contributed by atoms with Gasteiger partial charge in [0, 0.05) is 0 Å². The van der Waals surface area contributed by atoms with Gasteiger partial charge in [-0.05, 0) is 12.2 Å². The van der Waals surface area contributed by atoms with Crippen molar-refractivity contribution < 1.29 is 108 Å². The third-order valence-corrected chi connectivity index (χ3v) is 1.81. The van der Waals surface area contributed by atoms with E-state index < -0.39 is 5.91 Å². The summed E-state index contributed by atoms with van der Waals surface area (Å²) in [6.07, 6.45) is 0. The first-order valence-electron chi connectivity index (χ1n) is 2.22. The molecule has 0 fully saturated rings. The van der Waals surface area contributed by atoms with Crippen LogP contribution in [0.15, 0.2) is 0 Å². The largest absolute Gasteiger partial charge is 1.00 e. The van der Waals surface area contributed by atoms with Crippen LogP contribution < -0.4 is 108 Å². The second-order valence-electron chi connectivity index (χ2n) is 1.35. The number of nitrogens with one attached hydrogen (secondary N) is 2. The predicted molar refractivity (Wildman–Crippen MR) is 38.1 cm³/mol. The van der Waals surface area contributed by atoms with E-state index in [0.717, 1.165) is 11.3 Å². The second kappa shape index (κ2) is 8.76. The molecule has 0 aliphatic carbocycles. The Morgan fingerprint density at radius 1 is 1.67 bits per heavy atom. The zero-order valence-electron chi connectivity index (χ0n) is 6.58. The zero-order valence-corrected chi connectivity index (χ0v) is 14.5. The van der Waals surface area contributed by atoms with Gasteiger partial charge in [0.2, 0.25) is 5.01 Å². The molecule has 0 aliphatic rings. The fourth-order valence-electron chi connectivity index (χ4n) is 0.371. The summed E-state index contributed by atoms with van der Waals surface area (Å²) in [7, 11) is 0. The maximum Gasteiger partial charge on any atom is 1.00 e. The van der Waals surface area contributed by atoms with E-state index in [1.54, 1.807) is 0 Å². The van der Waals surface area contributed by atoms with Crippen molar-refractivity contribution in [2.75, 3.05) is 0 Å². The Bertz CT molecular complexity index is 298. The topological polar surface area (TPSA) is 80.8 Å². The Labute approximate surface area is 163 Å². The van der Waals surface area contributed by atoms with E-state index in [-0.39, 0.29) is 108 Å². The van der Waals surface area contributed by atoms with Crippen molar-refractivity contribution in [2.45, 2.75) is 0 Å².